The monoisotopic (exact) mass is 281 g/mol. The zero-order chi connectivity index (χ0) is 14.0. The fourth-order valence-corrected chi connectivity index (χ4v) is 2.49. The van der Waals surface area contributed by atoms with E-state index in [1.807, 2.05) is 0 Å². The molecule has 0 aliphatic rings. The van der Waals surface area contributed by atoms with Gasteiger partial charge in [0.15, 0.2) is 0 Å². The summed E-state index contributed by atoms with van der Waals surface area (Å²) < 4.78 is 60.3. The van der Waals surface area contributed by atoms with Gasteiger partial charge in [0.05, 0.1) is 4.90 Å². The summed E-state index contributed by atoms with van der Waals surface area (Å²) in [5.41, 5.74) is -5.11. The van der Waals surface area contributed by atoms with Crippen molar-refractivity contribution in [2.75, 3.05) is 7.05 Å². The van der Waals surface area contributed by atoms with Crippen LogP contribution in [0.5, 0.6) is 0 Å². The van der Waals surface area contributed by atoms with Gasteiger partial charge in [-0.05, 0) is 32.0 Å². The van der Waals surface area contributed by atoms with Crippen molar-refractivity contribution >= 4 is 9.84 Å². The first-order valence-electron chi connectivity index (χ1n) is 5.26. The Kier molecular flexibility index (Phi) is 4.39. The van der Waals surface area contributed by atoms with Gasteiger partial charge in [-0.2, -0.15) is 13.2 Å². The molecule has 0 bridgehead atoms. The van der Waals surface area contributed by atoms with Crippen LogP contribution in [0.4, 0.5) is 13.2 Å². The van der Waals surface area contributed by atoms with Gasteiger partial charge in [-0.15, -0.1) is 0 Å². The van der Waals surface area contributed by atoms with E-state index in [9.17, 15) is 21.6 Å². The first-order valence-corrected chi connectivity index (χ1v) is 6.75. The van der Waals surface area contributed by atoms with Crippen molar-refractivity contribution in [1.82, 2.24) is 5.32 Å². The molecule has 0 aliphatic heterocycles. The molecule has 1 aromatic carbocycles. The van der Waals surface area contributed by atoms with Crippen LogP contribution >= 0.6 is 0 Å². The van der Waals surface area contributed by atoms with Gasteiger partial charge in [-0.1, -0.05) is 18.2 Å². The van der Waals surface area contributed by atoms with Gasteiger partial charge < -0.3 is 5.32 Å². The number of benzene rings is 1. The minimum Gasteiger partial charge on any atom is -0.317 e. The van der Waals surface area contributed by atoms with Gasteiger partial charge in [-0.25, -0.2) is 8.42 Å². The SMILES string of the molecule is CNC(C)Cc1ccccc1S(=O)(=O)C(F)(F)F. The van der Waals surface area contributed by atoms with Crippen LogP contribution in [0.3, 0.4) is 0 Å². The van der Waals surface area contributed by atoms with E-state index in [-0.39, 0.29) is 18.0 Å². The summed E-state index contributed by atoms with van der Waals surface area (Å²) in [6, 6.07) is 5.07. The average molecular weight is 281 g/mol. The molecule has 0 spiro atoms. The van der Waals surface area contributed by atoms with Crippen LogP contribution in [0, 0.1) is 0 Å². The second-order valence-corrected chi connectivity index (χ2v) is 5.86. The molecule has 0 fully saturated rings. The van der Waals surface area contributed by atoms with Crippen molar-refractivity contribution in [3.05, 3.63) is 29.8 Å². The summed E-state index contributed by atoms with van der Waals surface area (Å²) >= 11 is 0. The molecule has 1 N–H and O–H groups in total. The Morgan fingerprint density at radius 3 is 2.33 bits per heavy atom. The molecule has 102 valence electrons. The van der Waals surface area contributed by atoms with E-state index < -0.39 is 20.2 Å². The molecule has 0 aromatic heterocycles. The maximum Gasteiger partial charge on any atom is 0.501 e. The topological polar surface area (TPSA) is 46.2 Å². The fraction of sp³-hybridized carbons (Fsp3) is 0.455. The highest BCUT2D eigenvalue weighted by molar-refractivity contribution is 7.92. The maximum atomic E-state index is 12.5. The van der Waals surface area contributed by atoms with Crippen LogP contribution in [0.15, 0.2) is 29.2 Å². The van der Waals surface area contributed by atoms with Crippen molar-refractivity contribution in [1.29, 1.82) is 0 Å². The number of alkyl halides is 3. The van der Waals surface area contributed by atoms with Crippen LogP contribution in [0.1, 0.15) is 12.5 Å². The largest absolute Gasteiger partial charge is 0.501 e. The quantitative estimate of drug-likeness (QED) is 0.919. The fourth-order valence-electron chi connectivity index (χ4n) is 1.49. The summed E-state index contributed by atoms with van der Waals surface area (Å²) in [7, 11) is -3.63. The Balaban J connectivity index is 3.26. The number of nitrogens with one attached hydrogen (secondary N) is 1. The molecule has 3 nitrogen and oxygen atoms in total. The lowest BCUT2D eigenvalue weighted by Gasteiger charge is -2.15. The molecule has 1 unspecified atom stereocenters. The maximum absolute atomic E-state index is 12.5. The van der Waals surface area contributed by atoms with Crippen molar-refractivity contribution in [2.24, 2.45) is 0 Å². The zero-order valence-electron chi connectivity index (χ0n) is 9.95. The van der Waals surface area contributed by atoms with Gasteiger partial charge in [0.2, 0.25) is 0 Å². The van der Waals surface area contributed by atoms with E-state index in [0.717, 1.165) is 6.07 Å². The predicted octanol–water partition coefficient (Wildman–Crippen LogP) is 2.13. The highest BCUT2D eigenvalue weighted by atomic mass is 32.2. The number of hydrogen-bond acceptors (Lipinski definition) is 3. The Bertz CT molecular complexity index is 511. The molecule has 0 amide bonds. The first-order chi connectivity index (χ1) is 8.20. The van der Waals surface area contributed by atoms with Crippen LogP contribution in [0.2, 0.25) is 0 Å². The Labute approximate surface area is 104 Å². The first kappa shape index (κ1) is 15.0. The lowest BCUT2D eigenvalue weighted by molar-refractivity contribution is -0.0436. The third-order valence-electron chi connectivity index (χ3n) is 2.59. The molecular weight excluding hydrogens is 267 g/mol. The summed E-state index contributed by atoms with van der Waals surface area (Å²) in [5.74, 6) is 0. The van der Waals surface area contributed by atoms with Crippen LogP contribution < -0.4 is 5.32 Å². The highest BCUT2D eigenvalue weighted by Crippen LogP contribution is 2.32. The number of hydrogen-bond donors (Lipinski definition) is 1. The highest BCUT2D eigenvalue weighted by Gasteiger charge is 2.47. The number of sulfone groups is 1. The van der Waals surface area contributed by atoms with E-state index in [1.54, 1.807) is 14.0 Å². The molecule has 0 aliphatic carbocycles. The van der Waals surface area contributed by atoms with E-state index in [4.69, 9.17) is 0 Å². The summed E-state index contributed by atoms with van der Waals surface area (Å²) in [5, 5.41) is 2.85. The van der Waals surface area contributed by atoms with Crippen molar-refractivity contribution in [3.63, 3.8) is 0 Å². The van der Waals surface area contributed by atoms with Crippen molar-refractivity contribution < 1.29 is 21.6 Å². The Hall–Kier alpha value is -1.08. The molecule has 1 rings (SSSR count). The van der Waals surface area contributed by atoms with Gasteiger partial charge in [-0.3, -0.25) is 0 Å². The Morgan fingerprint density at radius 1 is 1.28 bits per heavy atom. The summed E-state index contributed by atoms with van der Waals surface area (Å²) in [6.07, 6.45) is 0.210. The van der Waals surface area contributed by atoms with E-state index in [2.05, 4.69) is 5.32 Å². The summed E-state index contributed by atoms with van der Waals surface area (Å²) in [6.45, 7) is 1.76. The molecule has 1 aromatic rings. The molecule has 7 heteroatoms. The standard InChI is InChI=1S/C11H14F3NO2S/c1-8(15-2)7-9-5-3-4-6-10(9)18(16,17)11(12,13)14/h3-6,8,15H,7H2,1-2H3. The smallest absolute Gasteiger partial charge is 0.317 e. The number of halogens is 3. The van der Waals surface area contributed by atoms with Crippen molar-refractivity contribution in [3.8, 4) is 0 Å². The molecule has 1 atom stereocenters. The third kappa shape index (κ3) is 3.02. The normalized spacial score (nSPS) is 14.5. The Morgan fingerprint density at radius 2 is 1.83 bits per heavy atom. The zero-order valence-corrected chi connectivity index (χ0v) is 10.8. The second kappa shape index (κ2) is 5.27. The number of likely N-dealkylation sites (N-methyl/N-ethyl adjacent to an activating group) is 1. The molecular formula is C11H14F3NO2S. The average Bonchev–Trinajstić information content (AvgIpc) is 2.28. The van der Waals surface area contributed by atoms with Gasteiger partial charge in [0, 0.05) is 6.04 Å². The molecule has 0 saturated carbocycles. The molecule has 0 saturated heterocycles. The minimum atomic E-state index is -5.29. The lowest BCUT2D eigenvalue weighted by Crippen LogP contribution is -2.27. The lowest BCUT2D eigenvalue weighted by atomic mass is 10.1. The van der Waals surface area contributed by atoms with Crippen molar-refractivity contribution in [2.45, 2.75) is 29.8 Å². The molecule has 0 heterocycles. The number of rotatable bonds is 4. The van der Waals surface area contributed by atoms with Crippen LogP contribution in [-0.2, 0) is 16.3 Å². The van der Waals surface area contributed by atoms with Gasteiger partial charge in [0.1, 0.15) is 0 Å². The van der Waals surface area contributed by atoms with Gasteiger partial charge in [0.25, 0.3) is 9.84 Å². The van der Waals surface area contributed by atoms with Crippen LogP contribution in [-0.4, -0.2) is 27.0 Å². The predicted molar refractivity (Wildman–Crippen MR) is 61.9 cm³/mol. The molecule has 0 radical (unpaired) electrons. The second-order valence-electron chi connectivity index (χ2n) is 3.95. The van der Waals surface area contributed by atoms with E-state index >= 15 is 0 Å². The molecule has 18 heavy (non-hydrogen) atoms. The minimum absolute atomic E-state index is 0.116. The van der Waals surface area contributed by atoms with Crippen LogP contribution in [0.25, 0.3) is 0 Å². The van der Waals surface area contributed by atoms with E-state index in [1.165, 1.54) is 18.2 Å². The van der Waals surface area contributed by atoms with E-state index in [0.29, 0.717) is 0 Å². The summed E-state index contributed by atoms with van der Waals surface area (Å²) in [4.78, 5) is -0.667. The third-order valence-corrected chi connectivity index (χ3v) is 4.17. The van der Waals surface area contributed by atoms with Gasteiger partial charge >= 0.3 is 5.51 Å².